The Hall–Kier alpha value is -4.20. The molecule has 178 valence electrons. The number of carbonyl (C=O) groups is 2. The average Bonchev–Trinajstić information content (AvgIpc) is 2.89. The van der Waals surface area contributed by atoms with Crippen LogP contribution < -0.4 is 29.6 Å². The van der Waals surface area contributed by atoms with Gasteiger partial charge in [0, 0.05) is 13.1 Å². The van der Waals surface area contributed by atoms with Gasteiger partial charge >= 0.3 is 0 Å². The van der Waals surface area contributed by atoms with E-state index in [0.29, 0.717) is 47.2 Å². The average molecular weight is 465 g/mol. The summed E-state index contributed by atoms with van der Waals surface area (Å²) in [5, 5.41) is 5.79. The summed E-state index contributed by atoms with van der Waals surface area (Å²) in [5.41, 5.74) is 2.43. The molecule has 8 heteroatoms. The third-order valence-corrected chi connectivity index (χ3v) is 5.21. The topological polar surface area (TPSA) is 95.1 Å². The van der Waals surface area contributed by atoms with Crippen LogP contribution in [0.2, 0.25) is 0 Å². The van der Waals surface area contributed by atoms with Gasteiger partial charge in [-0.15, -0.1) is 0 Å². The van der Waals surface area contributed by atoms with Crippen LogP contribution in [0.15, 0.2) is 60.7 Å². The first kappa shape index (κ1) is 24.4. The first-order valence-corrected chi connectivity index (χ1v) is 10.6. The SMILES string of the molecule is COc1cccc(OC)c1C(=O)NCc1cccc(CNC(=O)c2c(OC)cccc2OC)c1. The normalized spacial score (nSPS) is 10.2. The molecule has 0 spiro atoms. The first-order valence-electron chi connectivity index (χ1n) is 10.6. The van der Waals surface area contributed by atoms with Crippen molar-refractivity contribution in [3.05, 3.63) is 82.9 Å². The largest absolute Gasteiger partial charge is 0.496 e. The third kappa shape index (κ3) is 5.58. The van der Waals surface area contributed by atoms with E-state index in [1.165, 1.54) is 28.4 Å². The van der Waals surface area contributed by atoms with E-state index in [4.69, 9.17) is 18.9 Å². The molecule has 34 heavy (non-hydrogen) atoms. The van der Waals surface area contributed by atoms with Gasteiger partial charge in [0.1, 0.15) is 34.1 Å². The molecule has 8 nitrogen and oxygen atoms in total. The predicted octanol–water partition coefficient (Wildman–Crippen LogP) is 3.58. The molecule has 0 saturated carbocycles. The smallest absolute Gasteiger partial charge is 0.259 e. The predicted molar refractivity (Wildman–Crippen MR) is 128 cm³/mol. The molecule has 3 aromatic rings. The molecule has 0 radical (unpaired) electrons. The maximum absolute atomic E-state index is 12.8. The van der Waals surface area contributed by atoms with E-state index in [-0.39, 0.29) is 11.8 Å². The molecule has 0 aliphatic heterocycles. The van der Waals surface area contributed by atoms with Crippen molar-refractivity contribution in [3.8, 4) is 23.0 Å². The molecular weight excluding hydrogens is 436 g/mol. The lowest BCUT2D eigenvalue weighted by Gasteiger charge is -2.14. The Bertz CT molecular complexity index is 1030. The van der Waals surface area contributed by atoms with Crippen molar-refractivity contribution in [1.29, 1.82) is 0 Å². The van der Waals surface area contributed by atoms with Gasteiger partial charge in [-0.2, -0.15) is 0 Å². The molecule has 2 N–H and O–H groups in total. The van der Waals surface area contributed by atoms with Crippen LogP contribution in [0.4, 0.5) is 0 Å². The number of benzene rings is 3. The molecule has 0 atom stereocenters. The van der Waals surface area contributed by atoms with Crippen molar-refractivity contribution in [1.82, 2.24) is 10.6 Å². The second kappa shape index (κ2) is 11.6. The molecule has 0 aromatic heterocycles. The Morgan fingerprint density at radius 3 is 1.24 bits per heavy atom. The zero-order valence-electron chi connectivity index (χ0n) is 19.6. The van der Waals surface area contributed by atoms with Crippen LogP contribution in [0.5, 0.6) is 23.0 Å². The summed E-state index contributed by atoms with van der Waals surface area (Å²) in [6.07, 6.45) is 0. The minimum Gasteiger partial charge on any atom is -0.496 e. The summed E-state index contributed by atoms with van der Waals surface area (Å²) in [7, 11) is 6.02. The number of amides is 2. The molecule has 0 saturated heterocycles. The van der Waals surface area contributed by atoms with E-state index >= 15 is 0 Å². The number of nitrogens with one attached hydrogen (secondary N) is 2. The maximum Gasteiger partial charge on any atom is 0.259 e. The maximum atomic E-state index is 12.8. The van der Waals surface area contributed by atoms with Crippen molar-refractivity contribution in [2.75, 3.05) is 28.4 Å². The minimum atomic E-state index is -0.309. The fourth-order valence-electron chi connectivity index (χ4n) is 3.54. The van der Waals surface area contributed by atoms with E-state index in [0.717, 1.165) is 11.1 Å². The zero-order valence-corrected chi connectivity index (χ0v) is 19.6. The third-order valence-electron chi connectivity index (χ3n) is 5.21. The lowest BCUT2D eigenvalue weighted by Crippen LogP contribution is -2.25. The number of carbonyl (C=O) groups excluding carboxylic acids is 2. The van der Waals surface area contributed by atoms with E-state index in [1.54, 1.807) is 36.4 Å². The number of rotatable bonds is 10. The van der Waals surface area contributed by atoms with Crippen LogP contribution in [-0.2, 0) is 13.1 Å². The van der Waals surface area contributed by atoms with E-state index < -0.39 is 0 Å². The molecule has 0 unspecified atom stereocenters. The van der Waals surface area contributed by atoms with Gasteiger partial charge in [-0.3, -0.25) is 9.59 Å². The van der Waals surface area contributed by atoms with Gasteiger partial charge in [-0.25, -0.2) is 0 Å². The van der Waals surface area contributed by atoms with Gasteiger partial charge < -0.3 is 29.6 Å². The monoisotopic (exact) mass is 464 g/mol. The van der Waals surface area contributed by atoms with Crippen LogP contribution in [0.1, 0.15) is 31.8 Å². The molecule has 0 bridgehead atoms. The van der Waals surface area contributed by atoms with Crippen molar-refractivity contribution in [3.63, 3.8) is 0 Å². The van der Waals surface area contributed by atoms with Crippen molar-refractivity contribution in [2.45, 2.75) is 13.1 Å². The van der Waals surface area contributed by atoms with Gasteiger partial charge in [0.05, 0.1) is 28.4 Å². The first-order chi connectivity index (χ1) is 16.5. The van der Waals surface area contributed by atoms with Crippen molar-refractivity contribution in [2.24, 2.45) is 0 Å². The summed E-state index contributed by atoms with van der Waals surface area (Å²) in [6, 6.07) is 17.9. The van der Waals surface area contributed by atoms with Crippen molar-refractivity contribution < 1.29 is 28.5 Å². The fourth-order valence-corrected chi connectivity index (χ4v) is 3.54. The number of hydrogen-bond donors (Lipinski definition) is 2. The van der Waals surface area contributed by atoms with Gasteiger partial charge in [0.15, 0.2) is 0 Å². The summed E-state index contributed by atoms with van der Waals surface area (Å²) in [4.78, 5) is 25.6. The van der Waals surface area contributed by atoms with Gasteiger partial charge in [-0.05, 0) is 35.4 Å². The van der Waals surface area contributed by atoms with Crippen LogP contribution in [0, 0.1) is 0 Å². The van der Waals surface area contributed by atoms with Crippen LogP contribution in [0.3, 0.4) is 0 Å². The van der Waals surface area contributed by atoms with E-state index in [2.05, 4.69) is 10.6 Å². The summed E-state index contributed by atoms with van der Waals surface area (Å²) < 4.78 is 21.2. The molecule has 3 rings (SSSR count). The van der Waals surface area contributed by atoms with E-state index in [9.17, 15) is 9.59 Å². The highest BCUT2D eigenvalue weighted by molar-refractivity contribution is 6.00. The van der Waals surface area contributed by atoms with Crippen LogP contribution in [-0.4, -0.2) is 40.3 Å². The molecular formula is C26H28N2O6. The summed E-state index contributed by atoms with van der Waals surface area (Å²) >= 11 is 0. The molecule has 2 amide bonds. The molecule has 0 aliphatic carbocycles. The van der Waals surface area contributed by atoms with Gasteiger partial charge in [-0.1, -0.05) is 36.4 Å². The highest BCUT2D eigenvalue weighted by Crippen LogP contribution is 2.29. The molecule has 0 heterocycles. The number of ether oxygens (including phenoxy) is 4. The van der Waals surface area contributed by atoms with Crippen molar-refractivity contribution >= 4 is 11.8 Å². The quantitative estimate of drug-likeness (QED) is 0.476. The Labute approximate surface area is 198 Å². The zero-order chi connectivity index (χ0) is 24.5. The molecule has 0 aliphatic rings. The number of hydrogen-bond acceptors (Lipinski definition) is 6. The Balaban J connectivity index is 1.67. The Morgan fingerprint density at radius 1 is 0.588 bits per heavy atom. The van der Waals surface area contributed by atoms with E-state index in [1.807, 2.05) is 24.3 Å². The Kier molecular flexibility index (Phi) is 8.34. The van der Waals surface area contributed by atoms with Crippen LogP contribution in [0.25, 0.3) is 0 Å². The molecule has 3 aromatic carbocycles. The van der Waals surface area contributed by atoms with Gasteiger partial charge in [0.25, 0.3) is 11.8 Å². The second-order valence-corrected chi connectivity index (χ2v) is 7.26. The van der Waals surface area contributed by atoms with Crippen LogP contribution >= 0.6 is 0 Å². The second-order valence-electron chi connectivity index (χ2n) is 7.26. The standard InChI is InChI=1S/C26H28N2O6/c1-31-19-10-6-11-20(32-2)23(19)25(29)27-15-17-8-5-9-18(14-17)16-28-26(30)24-21(33-3)12-7-13-22(24)34-4/h5-14H,15-16H2,1-4H3,(H,27,29)(H,28,30). The Morgan fingerprint density at radius 2 is 0.912 bits per heavy atom. The minimum absolute atomic E-state index is 0.294. The number of methoxy groups -OCH3 is 4. The highest BCUT2D eigenvalue weighted by Gasteiger charge is 2.19. The lowest BCUT2D eigenvalue weighted by molar-refractivity contribution is 0.0936. The molecule has 0 fully saturated rings. The lowest BCUT2D eigenvalue weighted by atomic mass is 10.1. The highest BCUT2D eigenvalue weighted by atomic mass is 16.5. The summed E-state index contributed by atoms with van der Waals surface area (Å²) in [5.74, 6) is 1.10. The fraction of sp³-hybridized carbons (Fsp3) is 0.231. The van der Waals surface area contributed by atoms with Gasteiger partial charge in [0.2, 0.25) is 0 Å². The summed E-state index contributed by atoms with van der Waals surface area (Å²) in [6.45, 7) is 0.588.